The minimum Gasteiger partial charge on any atom is -0.314 e. The quantitative estimate of drug-likeness (QED) is 0.528. The van der Waals surface area contributed by atoms with Crippen LogP contribution in [0, 0.1) is 0 Å². The van der Waals surface area contributed by atoms with E-state index in [4.69, 9.17) is 0 Å². The molecule has 1 N–H and O–H groups in total. The molecule has 0 spiro atoms. The molecule has 0 unspecified atom stereocenters. The third kappa shape index (κ3) is 7.66. The second-order valence-electron chi connectivity index (χ2n) is 5.28. The van der Waals surface area contributed by atoms with Crippen molar-refractivity contribution in [3.05, 3.63) is 42.5 Å². The summed E-state index contributed by atoms with van der Waals surface area (Å²) in [6.07, 6.45) is 3.73. The van der Waals surface area contributed by atoms with Gasteiger partial charge < -0.3 is 5.32 Å². The molecule has 1 aliphatic heterocycles. The van der Waals surface area contributed by atoms with Crippen molar-refractivity contribution in [2.24, 2.45) is 0 Å². The number of halogens is 5. The summed E-state index contributed by atoms with van der Waals surface area (Å²) in [5, 5.41) is 3.32. The molecule has 0 radical (unpaired) electrons. The van der Waals surface area contributed by atoms with Crippen LogP contribution in [0.5, 0.6) is 0 Å². The lowest BCUT2D eigenvalue weighted by molar-refractivity contribution is -0.0328. The van der Waals surface area contributed by atoms with Gasteiger partial charge in [0.15, 0.2) is 0 Å². The van der Waals surface area contributed by atoms with Crippen LogP contribution in [0.1, 0.15) is 24.4 Å². The summed E-state index contributed by atoms with van der Waals surface area (Å²) in [7, 11) is 0. The van der Waals surface area contributed by atoms with Crippen LogP contribution in [-0.4, -0.2) is 36.6 Å². The third-order valence-corrected chi connectivity index (χ3v) is 4.47. The first-order chi connectivity index (χ1) is 10.5. The zero-order chi connectivity index (χ0) is 16.0. The molecule has 1 aromatic rings. The van der Waals surface area contributed by atoms with Crippen molar-refractivity contribution in [2.45, 2.75) is 29.3 Å². The van der Waals surface area contributed by atoms with Crippen molar-refractivity contribution in [1.82, 2.24) is 10.2 Å². The van der Waals surface area contributed by atoms with E-state index in [0.717, 1.165) is 44.6 Å². The molecule has 1 heterocycles. The van der Waals surface area contributed by atoms with Gasteiger partial charge in [-0.15, -0.1) is 31.4 Å². The molecule has 0 bridgehead atoms. The first kappa shape index (κ1) is 23.6. The van der Waals surface area contributed by atoms with Crippen molar-refractivity contribution in [3.8, 4) is 0 Å². The molecule has 2 rings (SSSR count). The number of nitrogens with zero attached hydrogens (tertiary/aromatic N) is 1. The Labute approximate surface area is 158 Å². The molecule has 1 fully saturated rings. The van der Waals surface area contributed by atoms with E-state index < -0.39 is 5.51 Å². The summed E-state index contributed by atoms with van der Waals surface area (Å²) in [4.78, 5) is 2.63. The fourth-order valence-corrected chi connectivity index (χ4v) is 3.26. The maximum absolute atomic E-state index is 12.4. The fraction of sp³-hybridized carbons (Fsp3) is 0.500. The summed E-state index contributed by atoms with van der Waals surface area (Å²) in [6, 6.07) is 7.02. The molecule has 138 valence electrons. The van der Waals surface area contributed by atoms with Crippen LogP contribution in [0.4, 0.5) is 13.2 Å². The van der Waals surface area contributed by atoms with Gasteiger partial charge in [-0.25, -0.2) is 0 Å². The molecule has 0 aromatic heterocycles. The fourth-order valence-electron chi connectivity index (χ4n) is 2.72. The maximum Gasteiger partial charge on any atom is 0.446 e. The lowest BCUT2D eigenvalue weighted by Crippen LogP contribution is -2.45. The van der Waals surface area contributed by atoms with Crippen molar-refractivity contribution in [3.63, 3.8) is 0 Å². The Morgan fingerprint density at radius 3 is 2.25 bits per heavy atom. The summed E-state index contributed by atoms with van der Waals surface area (Å²) in [5.41, 5.74) is -3.15. The van der Waals surface area contributed by atoms with Crippen molar-refractivity contribution in [1.29, 1.82) is 0 Å². The van der Waals surface area contributed by atoms with Gasteiger partial charge in [-0.05, 0) is 42.3 Å². The predicted octanol–water partition coefficient (Wildman–Crippen LogP) is 5.05. The number of hydrogen-bond donors (Lipinski definition) is 1. The van der Waals surface area contributed by atoms with Crippen LogP contribution in [0.25, 0.3) is 0 Å². The second-order valence-corrected chi connectivity index (χ2v) is 6.42. The zero-order valence-corrected chi connectivity index (χ0v) is 15.7. The largest absolute Gasteiger partial charge is 0.446 e. The second kappa shape index (κ2) is 11.3. The normalized spacial score (nSPS) is 16.6. The molecule has 0 saturated carbocycles. The number of benzene rings is 1. The maximum atomic E-state index is 12.4. The molecule has 1 aliphatic rings. The van der Waals surface area contributed by atoms with E-state index in [2.05, 4.69) is 16.8 Å². The third-order valence-electron chi connectivity index (χ3n) is 3.74. The highest BCUT2D eigenvalue weighted by Crippen LogP contribution is 2.37. The highest BCUT2D eigenvalue weighted by atomic mass is 35.5. The summed E-state index contributed by atoms with van der Waals surface area (Å²) >= 11 is -0.0652. The number of thioether (sulfide) groups is 1. The minimum atomic E-state index is -4.23. The Balaban J connectivity index is 0.00000264. The van der Waals surface area contributed by atoms with Crippen LogP contribution < -0.4 is 5.32 Å². The first-order valence-corrected chi connectivity index (χ1v) is 8.22. The van der Waals surface area contributed by atoms with E-state index in [1.807, 2.05) is 18.2 Å². The Morgan fingerprint density at radius 2 is 1.75 bits per heavy atom. The van der Waals surface area contributed by atoms with E-state index in [1.54, 1.807) is 12.1 Å². The van der Waals surface area contributed by atoms with Crippen LogP contribution in [0.2, 0.25) is 0 Å². The molecule has 1 aromatic carbocycles. The van der Waals surface area contributed by atoms with Gasteiger partial charge in [0.1, 0.15) is 0 Å². The topological polar surface area (TPSA) is 15.3 Å². The molecule has 1 atom stereocenters. The van der Waals surface area contributed by atoms with Gasteiger partial charge in [-0.3, -0.25) is 4.90 Å². The number of alkyl halides is 3. The Bertz CT molecular complexity index is 477. The van der Waals surface area contributed by atoms with Crippen LogP contribution in [0.3, 0.4) is 0 Å². The van der Waals surface area contributed by atoms with Gasteiger partial charge in [0.05, 0.1) is 0 Å². The average molecular weight is 403 g/mol. The SMILES string of the molecule is C=CCC[C@@H](c1ccc(SC(F)(F)F)cc1)N1CCNCC1.Cl.Cl. The number of rotatable bonds is 6. The van der Waals surface area contributed by atoms with Crippen LogP contribution in [-0.2, 0) is 0 Å². The van der Waals surface area contributed by atoms with Crippen LogP contribution in [0.15, 0.2) is 41.8 Å². The van der Waals surface area contributed by atoms with E-state index >= 15 is 0 Å². The Hall–Kier alpha value is -0.400. The van der Waals surface area contributed by atoms with Gasteiger partial charge in [-0.2, -0.15) is 13.2 Å². The van der Waals surface area contributed by atoms with Gasteiger partial charge >= 0.3 is 5.51 Å². The van der Waals surface area contributed by atoms with E-state index in [1.165, 1.54) is 0 Å². The minimum absolute atomic E-state index is 0. The monoisotopic (exact) mass is 402 g/mol. The lowest BCUT2D eigenvalue weighted by atomic mass is 9.99. The van der Waals surface area contributed by atoms with Gasteiger partial charge in [0, 0.05) is 37.1 Å². The van der Waals surface area contributed by atoms with Crippen molar-refractivity contribution < 1.29 is 13.2 Å². The van der Waals surface area contributed by atoms with E-state index in [9.17, 15) is 13.2 Å². The molecule has 0 amide bonds. The van der Waals surface area contributed by atoms with Crippen molar-refractivity contribution in [2.75, 3.05) is 26.2 Å². The average Bonchev–Trinajstić information content (AvgIpc) is 2.49. The van der Waals surface area contributed by atoms with Gasteiger partial charge in [0.2, 0.25) is 0 Å². The zero-order valence-electron chi connectivity index (χ0n) is 13.2. The summed E-state index contributed by atoms with van der Waals surface area (Å²) in [5.74, 6) is 0. The Morgan fingerprint density at radius 1 is 1.17 bits per heavy atom. The van der Waals surface area contributed by atoms with Gasteiger partial charge in [0.25, 0.3) is 0 Å². The molecular formula is C16H23Cl2F3N2S. The van der Waals surface area contributed by atoms with E-state index in [-0.39, 0.29) is 47.5 Å². The molecule has 8 heteroatoms. The molecule has 1 saturated heterocycles. The molecule has 2 nitrogen and oxygen atoms in total. The molecule has 0 aliphatic carbocycles. The number of hydrogen-bond acceptors (Lipinski definition) is 3. The number of nitrogens with one attached hydrogen (secondary N) is 1. The number of allylic oxidation sites excluding steroid dienone is 1. The number of piperazine rings is 1. The highest BCUT2D eigenvalue weighted by Gasteiger charge is 2.29. The lowest BCUT2D eigenvalue weighted by Gasteiger charge is -2.35. The highest BCUT2D eigenvalue weighted by molar-refractivity contribution is 8.00. The standard InChI is InChI=1S/C16H21F3N2S.2ClH/c1-2-3-4-15(21-11-9-20-10-12-21)13-5-7-14(8-6-13)22-16(17,18)19;;/h2,5-8,15,20H,1,3-4,9-12H2;2*1H/t15-;;/m0../s1. The molecular weight excluding hydrogens is 380 g/mol. The van der Waals surface area contributed by atoms with Crippen LogP contribution >= 0.6 is 36.6 Å². The van der Waals surface area contributed by atoms with Crippen molar-refractivity contribution >= 4 is 36.6 Å². The summed E-state index contributed by atoms with van der Waals surface area (Å²) < 4.78 is 37.2. The van der Waals surface area contributed by atoms with Gasteiger partial charge in [-0.1, -0.05) is 18.2 Å². The molecule has 24 heavy (non-hydrogen) atoms. The van der Waals surface area contributed by atoms with E-state index in [0.29, 0.717) is 0 Å². The first-order valence-electron chi connectivity index (χ1n) is 7.41. The summed E-state index contributed by atoms with van der Waals surface area (Å²) in [6.45, 7) is 7.59. The smallest absolute Gasteiger partial charge is 0.314 e. The predicted molar refractivity (Wildman–Crippen MR) is 99.5 cm³/mol. The Kier molecular flexibility index (Phi) is 11.1.